The van der Waals surface area contributed by atoms with Crippen molar-refractivity contribution < 1.29 is 9.84 Å². The normalized spacial score (nSPS) is 17.4. The molecular weight excluding hydrogens is 190 g/mol. The Balaban J connectivity index is 3.93. The van der Waals surface area contributed by atoms with Gasteiger partial charge in [-0.2, -0.15) is 0 Å². The fourth-order valence-electron chi connectivity index (χ4n) is 1.79. The van der Waals surface area contributed by atoms with Gasteiger partial charge in [-0.05, 0) is 32.2 Å². The van der Waals surface area contributed by atoms with Crippen molar-refractivity contribution in [2.75, 3.05) is 26.9 Å². The summed E-state index contributed by atoms with van der Waals surface area (Å²) in [5.41, 5.74) is -0.0918. The molecule has 0 aromatic carbocycles. The number of aliphatic hydroxyl groups excluding tert-OH is 1. The van der Waals surface area contributed by atoms with Crippen LogP contribution in [0.25, 0.3) is 0 Å². The van der Waals surface area contributed by atoms with Gasteiger partial charge in [-0.1, -0.05) is 20.3 Å². The van der Waals surface area contributed by atoms with E-state index in [-0.39, 0.29) is 12.1 Å². The number of methoxy groups -OCH3 is 1. The lowest BCUT2D eigenvalue weighted by molar-refractivity contribution is 0.0952. The van der Waals surface area contributed by atoms with Crippen molar-refractivity contribution in [1.29, 1.82) is 0 Å². The summed E-state index contributed by atoms with van der Waals surface area (Å²) >= 11 is 0. The predicted octanol–water partition coefficient (Wildman–Crippen LogP) is 1.80. The van der Waals surface area contributed by atoms with Crippen LogP contribution >= 0.6 is 0 Å². The first-order valence-electron chi connectivity index (χ1n) is 5.92. The summed E-state index contributed by atoms with van der Waals surface area (Å²) in [5.74, 6) is 0.685. The molecule has 2 atom stereocenters. The Morgan fingerprint density at radius 1 is 1.47 bits per heavy atom. The molecule has 92 valence electrons. The molecule has 0 aromatic heterocycles. The van der Waals surface area contributed by atoms with Crippen LogP contribution in [0.2, 0.25) is 0 Å². The standard InChI is InChI=1S/C12H27NO2/c1-5-6-11(2)9-13-12(3,7-8-14)10-15-4/h11,13-14H,5-10H2,1-4H3. The van der Waals surface area contributed by atoms with Crippen LogP contribution in [-0.4, -0.2) is 37.5 Å². The maximum Gasteiger partial charge on any atom is 0.0642 e. The van der Waals surface area contributed by atoms with Gasteiger partial charge in [0, 0.05) is 19.3 Å². The van der Waals surface area contributed by atoms with E-state index >= 15 is 0 Å². The van der Waals surface area contributed by atoms with E-state index in [0.717, 1.165) is 13.0 Å². The first-order chi connectivity index (χ1) is 7.08. The molecule has 0 rings (SSSR count). The van der Waals surface area contributed by atoms with Gasteiger partial charge in [-0.15, -0.1) is 0 Å². The van der Waals surface area contributed by atoms with E-state index in [9.17, 15) is 0 Å². The molecule has 3 nitrogen and oxygen atoms in total. The Hall–Kier alpha value is -0.120. The van der Waals surface area contributed by atoms with Crippen molar-refractivity contribution in [3.8, 4) is 0 Å². The average molecular weight is 217 g/mol. The molecule has 0 radical (unpaired) electrons. The smallest absolute Gasteiger partial charge is 0.0642 e. The molecule has 0 saturated carbocycles. The van der Waals surface area contributed by atoms with Crippen molar-refractivity contribution >= 4 is 0 Å². The number of ether oxygens (including phenoxy) is 1. The summed E-state index contributed by atoms with van der Waals surface area (Å²) in [6, 6.07) is 0. The molecule has 0 aliphatic heterocycles. The Bertz CT molecular complexity index is 145. The van der Waals surface area contributed by atoms with Crippen molar-refractivity contribution in [2.24, 2.45) is 5.92 Å². The van der Waals surface area contributed by atoms with Crippen LogP contribution < -0.4 is 5.32 Å². The molecule has 0 aromatic rings. The number of aliphatic hydroxyl groups is 1. The third-order valence-corrected chi connectivity index (χ3v) is 2.79. The highest BCUT2D eigenvalue weighted by Gasteiger charge is 2.23. The first-order valence-corrected chi connectivity index (χ1v) is 5.92. The number of hydrogen-bond acceptors (Lipinski definition) is 3. The Morgan fingerprint density at radius 2 is 2.13 bits per heavy atom. The summed E-state index contributed by atoms with van der Waals surface area (Å²) in [5, 5.41) is 12.5. The van der Waals surface area contributed by atoms with Gasteiger partial charge in [0.25, 0.3) is 0 Å². The molecule has 0 saturated heterocycles. The van der Waals surface area contributed by atoms with Gasteiger partial charge in [0.15, 0.2) is 0 Å². The molecule has 3 heteroatoms. The monoisotopic (exact) mass is 217 g/mol. The molecule has 0 amide bonds. The van der Waals surface area contributed by atoms with Crippen LogP contribution in [0.4, 0.5) is 0 Å². The zero-order valence-electron chi connectivity index (χ0n) is 10.7. The largest absolute Gasteiger partial charge is 0.396 e. The molecule has 0 aliphatic rings. The lowest BCUT2D eigenvalue weighted by Gasteiger charge is -2.31. The minimum atomic E-state index is -0.0918. The van der Waals surface area contributed by atoms with Crippen molar-refractivity contribution in [3.63, 3.8) is 0 Å². The SMILES string of the molecule is CCCC(C)CNC(C)(CCO)COC. The molecule has 0 heterocycles. The van der Waals surface area contributed by atoms with Crippen molar-refractivity contribution in [2.45, 2.75) is 45.6 Å². The highest BCUT2D eigenvalue weighted by atomic mass is 16.5. The zero-order valence-corrected chi connectivity index (χ0v) is 10.7. The minimum absolute atomic E-state index is 0.0918. The van der Waals surface area contributed by atoms with Gasteiger partial charge < -0.3 is 15.2 Å². The summed E-state index contributed by atoms with van der Waals surface area (Å²) < 4.78 is 5.18. The van der Waals surface area contributed by atoms with E-state index in [2.05, 4.69) is 26.1 Å². The second-order valence-corrected chi connectivity index (χ2v) is 4.74. The predicted molar refractivity (Wildman–Crippen MR) is 64.1 cm³/mol. The Labute approximate surface area is 94.2 Å². The van der Waals surface area contributed by atoms with Gasteiger partial charge in [-0.25, -0.2) is 0 Å². The molecule has 0 bridgehead atoms. The number of nitrogens with one attached hydrogen (secondary N) is 1. The lowest BCUT2D eigenvalue weighted by atomic mass is 9.97. The van der Waals surface area contributed by atoms with Gasteiger partial charge >= 0.3 is 0 Å². The number of hydrogen-bond donors (Lipinski definition) is 2. The molecule has 0 fully saturated rings. The zero-order chi connectivity index (χ0) is 11.7. The molecule has 2 N–H and O–H groups in total. The van der Waals surface area contributed by atoms with Crippen molar-refractivity contribution in [3.05, 3.63) is 0 Å². The fourth-order valence-corrected chi connectivity index (χ4v) is 1.79. The highest BCUT2D eigenvalue weighted by Crippen LogP contribution is 2.12. The van der Waals surface area contributed by atoms with Crippen LogP contribution in [-0.2, 0) is 4.74 Å². The Morgan fingerprint density at radius 3 is 2.60 bits per heavy atom. The maximum absolute atomic E-state index is 9.00. The van der Waals surface area contributed by atoms with E-state index in [1.807, 2.05) is 0 Å². The Kier molecular flexibility index (Phi) is 8.02. The van der Waals surface area contributed by atoms with Crippen LogP contribution in [0.3, 0.4) is 0 Å². The van der Waals surface area contributed by atoms with Crippen LogP contribution in [0.1, 0.15) is 40.0 Å². The van der Waals surface area contributed by atoms with Gasteiger partial charge in [-0.3, -0.25) is 0 Å². The average Bonchev–Trinajstić information content (AvgIpc) is 2.16. The van der Waals surface area contributed by atoms with E-state index in [0.29, 0.717) is 12.5 Å². The summed E-state index contributed by atoms with van der Waals surface area (Å²) in [7, 11) is 1.70. The summed E-state index contributed by atoms with van der Waals surface area (Å²) in [6.07, 6.45) is 3.21. The second kappa shape index (κ2) is 8.08. The first kappa shape index (κ1) is 14.9. The topological polar surface area (TPSA) is 41.5 Å². The number of rotatable bonds is 9. The van der Waals surface area contributed by atoms with Gasteiger partial charge in [0.2, 0.25) is 0 Å². The molecule has 15 heavy (non-hydrogen) atoms. The van der Waals surface area contributed by atoms with Crippen LogP contribution in [0, 0.1) is 5.92 Å². The fraction of sp³-hybridized carbons (Fsp3) is 1.00. The van der Waals surface area contributed by atoms with E-state index in [4.69, 9.17) is 9.84 Å². The summed E-state index contributed by atoms with van der Waals surface area (Å²) in [6.45, 7) is 8.40. The quantitative estimate of drug-likeness (QED) is 0.619. The van der Waals surface area contributed by atoms with Crippen LogP contribution in [0.5, 0.6) is 0 Å². The minimum Gasteiger partial charge on any atom is -0.396 e. The molecule has 0 aliphatic carbocycles. The van der Waals surface area contributed by atoms with E-state index < -0.39 is 0 Å². The summed E-state index contributed by atoms with van der Waals surface area (Å²) in [4.78, 5) is 0. The lowest BCUT2D eigenvalue weighted by Crippen LogP contribution is -2.48. The van der Waals surface area contributed by atoms with Crippen LogP contribution in [0.15, 0.2) is 0 Å². The third-order valence-electron chi connectivity index (χ3n) is 2.79. The second-order valence-electron chi connectivity index (χ2n) is 4.74. The van der Waals surface area contributed by atoms with Gasteiger partial charge in [0.1, 0.15) is 0 Å². The molecule has 2 unspecified atom stereocenters. The third kappa shape index (κ3) is 6.88. The highest BCUT2D eigenvalue weighted by molar-refractivity contribution is 4.83. The maximum atomic E-state index is 9.00. The molecular formula is C12H27NO2. The van der Waals surface area contributed by atoms with Crippen molar-refractivity contribution in [1.82, 2.24) is 5.32 Å². The molecule has 0 spiro atoms. The van der Waals surface area contributed by atoms with Gasteiger partial charge in [0.05, 0.1) is 6.61 Å². The van der Waals surface area contributed by atoms with E-state index in [1.165, 1.54) is 12.8 Å². The van der Waals surface area contributed by atoms with E-state index in [1.54, 1.807) is 7.11 Å².